The van der Waals surface area contributed by atoms with Crippen LogP contribution in [0.2, 0.25) is 0 Å². The molecular weight excluding hydrogens is 342 g/mol. The van der Waals surface area contributed by atoms with Crippen molar-refractivity contribution >= 4 is 23.0 Å². The summed E-state index contributed by atoms with van der Waals surface area (Å²) in [5.41, 5.74) is 4.74. The van der Waals surface area contributed by atoms with E-state index in [0.717, 1.165) is 48.4 Å². The molecule has 0 unspecified atom stereocenters. The number of rotatable bonds is 11. The first-order chi connectivity index (χ1) is 13.0. The molecule has 0 fully saturated rings. The van der Waals surface area contributed by atoms with Crippen LogP contribution < -0.4 is 5.43 Å². The summed E-state index contributed by atoms with van der Waals surface area (Å²) >= 11 is 0. The fourth-order valence-electron chi connectivity index (χ4n) is 3.00. The number of aromatic nitrogens is 2. The molecular formula is C20H29N5O2. The topological polar surface area (TPSA) is 79.6 Å². The molecule has 1 amide bonds. The van der Waals surface area contributed by atoms with E-state index in [9.17, 15) is 9.70 Å². The first-order valence-electron chi connectivity index (χ1n) is 9.49. The number of nitrogens with one attached hydrogen (secondary N) is 1. The minimum atomic E-state index is -0.543. The summed E-state index contributed by atoms with van der Waals surface area (Å²) in [6, 6.07) is 5.97. The molecule has 0 aliphatic rings. The number of nitrogens with zero attached hydrogens (tertiary/aromatic N) is 4. The number of aryl methyl sites for hydroxylation is 1. The number of carbonyl (C=O) groups is 1. The average Bonchev–Trinajstić information content (AvgIpc) is 2.98. The van der Waals surface area contributed by atoms with Crippen LogP contribution in [0, 0.1) is 4.91 Å². The van der Waals surface area contributed by atoms with Gasteiger partial charge in [-0.15, -0.1) is 4.91 Å². The van der Waals surface area contributed by atoms with Gasteiger partial charge in [-0.25, -0.2) is 10.4 Å². The lowest BCUT2D eigenvalue weighted by Gasteiger charge is -2.13. The van der Waals surface area contributed by atoms with Crippen molar-refractivity contribution < 1.29 is 4.79 Å². The van der Waals surface area contributed by atoms with Gasteiger partial charge in [0.1, 0.15) is 5.82 Å². The molecule has 146 valence electrons. The number of nitroso groups, excluding NO2 is 1. The highest BCUT2D eigenvalue weighted by atomic mass is 16.3. The number of fused-ring (bicyclic) bond motifs is 1. The van der Waals surface area contributed by atoms with Crippen molar-refractivity contribution in [3.8, 4) is 0 Å². The number of unbranched alkanes of at least 4 members (excludes halogenated alkanes) is 3. The maximum Gasteiger partial charge on any atom is 0.266 e. The van der Waals surface area contributed by atoms with Gasteiger partial charge in [-0.2, -0.15) is 0 Å². The normalized spacial score (nSPS) is 11.6. The van der Waals surface area contributed by atoms with Gasteiger partial charge in [-0.3, -0.25) is 4.79 Å². The van der Waals surface area contributed by atoms with E-state index in [1.54, 1.807) is 6.08 Å². The molecule has 2 rings (SSSR count). The smallest absolute Gasteiger partial charge is 0.266 e. The third-order valence-electron chi connectivity index (χ3n) is 4.46. The first kappa shape index (κ1) is 20.8. The van der Waals surface area contributed by atoms with Gasteiger partial charge < -0.3 is 9.47 Å². The number of hydrogen-bond acceptors (Lipinski definition) is 5. The fraction of sp³-hybridized carbons (Fsp3) is 0.500. The highest BCUT2D eigenvalue weighted by molar-refractivity contribution is 5.92. The van der Waals surface area contributed by atoms with Crippen molar-refractivity contribution in [1.29, 1.82) is 0 Å². The van der Waals surface area contributed by atoms with Crippen LogP contribution in [0.25, 0.3) is 17.1 Å². The van der Waals surface area contributed by atoms with Crippen molar-refractivity contribution in [3.63, 3.8) is 0 Å². The Morgan fingerprint density at radius 3 is 2.81 bits per heavy atom. The molecule has 1 aromatic heterocycles. The largest absolute Gasteiger partial charge is 0.327 e. The molecule has 2 aromatic rings. The molecule has 1 aromatic carbocycles. The summed E-state index contributed by atoms with van der Waals surface area (Å²) < 4.78 is 2.30. The molecule has 0 saturated carbocycles. The van der Waals surface area contributed by atoms with Gasteiger partial charge in [0.05, 0.1) is 16.3 Å². The van der Waals surface area contributed by atoms with E-state index < -0.39 is 5.91 Å². The molecule has 1 heterocycles. The Labute approximate surface area is 160 Å². The van der Waals surface area contributed by atoms with Crippen molar-refractivity contribution in [1.82, 2.24) is 19.9 Å². The van der Waals surface area contributed by atoms with Gasteiger partial charge in [-0.05, 0) is 44.3 Å². The maximum atomic E-state index is 11.3. The zero-order chi connectivity index (χ0) is 19.6. The Hall–Kier alpha value is -2.54. The Morgan fingerprint density at radius 2 is 2.11 bits per heavy atom. The lowest BCUT2D eigenvalue weighted by atomic mass is 10.1. The van der Waals surface area contributed by atoms with Gasteiger partial charge in [-0.1, -0.05) is 32.3 Å². The Kier molecular flexibility index (Phi) is 8.13. The van der Waals surface area contributed by atoms with Crippen LogP contribution in [-0.2, 0) is 17.8 Å². The number of imidazole rings is 1. The Balaban J connectivity index is 2.25. The van der Waals surface area contributed by atoms with Crippen LogP contribution in [0.4, 0.5) is 0 Å². The van der Waals surface area contributed by atoms with Gasteiger partial charge >= 0.3 is 0 Å². The molecule has 0 atom stereocenters. The highest BCUT2D eigenvalue weighted by Gasteiger charge is 2.11. The second kappa shape index (κ2) is 10.6. The minimum Gasteiger partial charge on any atom is -0.327 e. The molecule has 7 heteroatoms. The molecule has 0 spiro atoms. The van der Waals surface area contributed by atoms with E-state index in [0.29, 0.717) is 0 Å². The quantitative estimate of drug-likeness (QED) is 0.284. The zero-order valence-corrected chi connectivity index (χ0v) is 16.4. The monoisotopic (exact) mass is 371 g/mol. The summed E-state index contributed by atoms with van der Waals surface area (Å²) in [4.78, 5) is 28.4. The molecule has 0 aliphatic heterocycles. The summed E-state index contributed by atoms with van der Waals surface area (Å²) in [5.74, 6) is 0.574. The molecule has 0 aliphatic carbocycles. The van der Waals surface area contributed by atoms with Gasteiger partial charge in [0, 0.05) is 25.6 Å². The van der Waals surface area contributed by atoms with E-state index in [-0.39, 0.29) is 0 Å². The van der Waals surface area contributed by atoms with Crippen molar-refractivity contribution in [2.24, 2.45) is 5.29 Å². The number of amides is 1. The molecule has 0 saturated heterocycles. The predicted octanol–water partition coefficient (Wildman–Crippen LogP) is 3.53. The fourth-order valence-corrected chi connectivity index (χ4v) is 3.00. The van der Waals surface area contributed by atoms with Gasteiger partial charge in [0.25, 0.3) is 5.91 Å². The second-order valence-corrected chi connectivity index (χ2v) is 6.94. The van der Waals surface area contributed by atoms with Gasteiger partial charge in [0.15, 0.2) is 0 Å². The van der Waals surface area contributed by atoms with E-state index in [4.69, 9.17) is 4.98 Å². The van der Waals surface area contributed by atoms with Crippen LogP contribution in [0.5, 0.6) is 0 Å². The van der Waals surface area contributed by atoms with Crippen molar-refractivity contribution in [2.45, 2.75) is 45.6 Å². The summed E-state index contributed by atoms with van der Waals surface area (Å²) in [6.45, 7) is 4.07. The van der Waals surface area contributed by atoms with Gasteiger partial charge in [0.2, 0.25) is 0 Å². The molecule has 27 heavy (non-hydrogen) atoms. The minimum absolute atomic E-state index is 0.543. The van der Waals surface area contributed by atoms with Crippen LogP contribution in [-0.4, -0.2) is 41.0 Å². The SMILES string of the molecule is CCCCCCc1nc2cc(/C=C/C(=O)NN=O)ccc2n1CCN(C)C. The van der Waals surface area contributed by atoms with E-state index in [2.05, 4.69) is 35.8 Å². The second-order valence-electron chi connectivity index (χ2n) is 6.94. The maximum absolute atomic E-state index is 11.3. The van der Waals surface area contributed by atoms with Crippen LogP contribution >= 0.6 is 0 Å². The summed E-state index contributed by atoms with van der Waals surface area (Å²) in [5, 5.41) is 2.37. The lowest BCUT2D eigenvalue weighted by Crippen LogP contribution is -2.19. The predicted molar refractivity (Wildman–Crippen MR) is 109 cm³/mol. The number of benzene rings is 1. The zero-order valence-electron chi connectivity index (χ0n) is 16.4. The summed E-state index contributed by atoms with van der Waals surface area (Å²) in [7, 11) is 4.14. The molecule has 1 N–H and O–H groups in total. The van der Waals surface area contributed by atoms with Crippen LogP contribution in [0.1, 0.15) is 44.0 Å². The van der Waals surface area contributed by atoms with Crippen molar-refractivity contribution in [3.05, 3.63) is 40.6 Å². The third kappa shape index (κ3) is 6.29. The Bertz CT molecular complexity index is 795. The summed E-state index contributed by atoms with van der Waals surface area (Å²) in [6.07, 6.45) is 8.76. The lowest BCUT2D eigenvalue weighted by molar-refractivity contribution is -0.116. The number of hydrogen-bond donors (Lipinski definition) is 1. The van der Waals surface area contributed by atoms with E-state index >= 15 is 0 Å². The molecule has 0 bridgehead atoms. The van der Waals surface area contributed by atoms with E-state index in [1.165, 1.54) is 25.3 Å². The van der Waals surface area contributed by atoms with Crippen LogP contribution in [0.15, 0.2) is 29.6 Å². The first-order valence-corrected chi connectivity index (χ1v) is 9.49. The highest BCUT2D eigenvalue weighted by Crippen LogP contribution is 2.20. The third-order valence-corrected chi connectivity index (χ3v) is 4.46. The van der Waals surface area contributed by atoms with Crippen LogP contribution in [0.3, 0.4) is 0 Å². The standard InChI is InChI=1S/C20H29N5O2/c1-4-5-6-7-8-19-21-17-15-16(10-12-20(26)22-23-27)9-11-18(17)25(19)14-13-24(2)3/h9-12,15H,4-8,13-14H2,1-3H3,(H,22,26,27)/b12-10+. The number of carbonyl (C=O) groups excluding carboxylic acids is 1. The van der Waals surface area contributed by atoms with E-state index in [1.807, 2.05) is 23.6 Å². The molecule has 7 nitrogen and oxygen atoms in total. The Morgan fingerprint density at radius 1 is 1.30 bits per heavy atom. The number of likely N-dealkylation sites (N-methyl/N-ethyl adjacent to an activating group) is 1. The average molecular weight is 371 g/mol. The molecule has 0 radical (unpaired) electrons. The van der Waals surface area contributed by atoms with Crippen molar-refractivity contribution in [2.75, 3.05) is 20.6 Å².